The van der Waals surface area contributed by atoms with Gasteiger partial charge in [0.1, 0.15) is 6.10 Å². The van der Waals surface area contributed by atoms with Crippen LogP contribution >= 0.6 is 0 Å². The van der Waals surface area contributed by atoms with Crippen LogP contribution in [0.15, 0.2) is 23.3 Å². The molecule has 2 aliphatic rings. The Morgan fingerprint density at radius 2 is 2.15 bits per heavy atom. The number of carbonyl (C=O) groups is 1. The highest BCUT2D eigenvalue weighted by molar-refractivity contribution is 5.82. The molecule has 0 spiro atoms. The molecule has 2 heterocycles. The summed E-state index contributed by atoms with van der Waals surface area (Å²) >= 11 is 0. The minimum absolute atomic E-state index is 0.117. The molecule has 1 aromatic rings. The Balaban J connectivity index is 1.61. The van der Waals surface area contributed by atoms with E-state index in [1.807, 2.05) is 12.1 Å². The number of methoxy groups -OCH3 is 1. The maximum absolute atomic E-state index is 11.9. The molecule has 1 aromatic heterocycles. The monoisotopic (exact) mass is 374 g/mol. The third kappa shape index (κ3) is 4.70. The van der Waals surface area contributed by atoms with Crippen LogP contribution in [-0.4, -0.2) is 55.2 Å². The lowest BCUT2D eigenvalue weighted by Crippen LogP contribution is -2.40. The fourth-order valence-corrected chi connectivity index (χ4v) is 3.93. The van der Waals surface area contributed by atoms with Crippen molar-refractivity contribution in [1.82, 2.24) is 15.2 Å². The first kappa shape index (κ1) is 19.5. The number of carbonyl (C=O) groups excluding carboxylic acids is 1. The van der Waals surface area contributed by atoms with Gasteiger partial charge in [0.05, 0.1) is 13.0 Å². The van der Waals surface area contributed by atoms with Gasteiger partial charge in [0.2, 0.25) is 5.88 Å². The van der Waals surface area contributed by atoms with Crippen molar-refractivity contribution in [3.63, 3.8) is 0 Å². The number of hydrogen-bond acceptors (Lipinski definition) is 5. The smallest absolute Gasteiger partial charge is 0.310 e. The van der Waals surface area contributed by atoms with Crippen molar-refractivity contribution in [1.29, 1.82) is 0 Å². The zero-order chi connectivity index (χ0) is 19.2. The highest BCUT2D eigenvalue weighted by Crippen LogP contribution is 2.26. The molecule has 0 aromatic carbocycles. The van der Waals surface area contributed by atoms with Gasteiger partial charge < -0.3 is 19.7 Å². The number of hydrogen-bond donors (Lipinski definition) is 1. The number of likely N-dealkylation sites (tertiary alicyclic amines) is 1. The normalized spacial score (nSPS) is 23.5. The molecule has 1 saturated heterocycles. The fourth-order valence-electron chi connectivity index (χ4n) is 3.93. The predicted molar refractivity (Wildman–Crippen MR) is 104 cm³/mol. The van der Waals surface area contributed by atoms with Crippen LogP contribution in [0.5, 0.6) is 5.88 Å². The molecule has 2 atom stereocenters. The quantitative estimate of drug-likeness (QED) is 0.484. The molecule has 3 rings (SSSR count). The minimum atomic E-state index is -0.153. The van der Waals surface area contributed by atoms with Gasteiger partial charge in [0.15, 0.2) is 5.96 Å². The largest absolute Gasteiger partial charge is 0.474 e. The average molecular weight is 374 g/mol. The minimum Gasteiger partial charge on any atom is -0.474 e. The predicted octanol–water partition coefficient (Wildman–Crippen LogP) is 2.22. The third-order valence-electron chi connectivity index (χ3n) is 5.50. The van der Waals surface area contributed by atoms with E-state index in [-0.39, 0.29) is 23.9 Å². The zero-order valence-corrected chi connectivity index (χ0v) is 16.5. The Kier molecular flexibility index (Phi) is 6.53. The van der Waals surface area contributed by atoms with E-state index in [4.69, 9.17) is 9.47 Å². The number of guanidine groups is 1. The zero-order valence-electron chi connectivity index (χ0n) is 16.5. The first-order valence-electron chi connectivity index (χ1n) is 9.76. The van der Waals surface area contributed by atoms with Crippen LogP contribution in [0.2, 0.25) is 0 Å². The Labute approximate surface area is 161 Å². The number of esters is 1. The Morgan fingerprint density at radius 3 is 2.85 bits per heavy atom. The van der Waals surface area contributed by atoms with E-state index in [2.05, 4.69) is 27.1 Å². The molecule has 7 heteroatoms. The summed E-state index contributed by atoms with van der Waals surface area (Å²) < 4.78 is 11.0. The lowest BCUT2D eigenvalue weighted by Gasteiger charge is -2.22. The van der Waals surface area contributed by atoms with E-state index in [1.54, 1.807) is 13.2 Å². The molecule has 0 radical (unpaired) electrons. The summed E-state index contributed by atoms with van der Waals surface area (Å²) in [5.41, 5.74) is 1.02. The number of ether oxygens (including phenoxy) is 2. The third-order valence-corrected chi connectivity index (χ3v) is 5.50. The van der Waals surface area contributed by atoms with Crippen molar-refractivity contribution in [2.75, 3.05) is 27.2 Å². The highest BCUT2D eigenvalue weighted by Gasteiger charge is 2.36. The molecule has 1 aliphatic carbocycles. The van der Waals surface area contributed by atoms with Crippen LogP contribution in [0, 0.1) is 11.8 Å². The summed E-state index contributed by atoms with van der Waals surface area (Å²) in [6.07, 6.45) is 6.71. The lowest BCUT2D eigenvalue weighted by atomic mass is 9.99. The molecular formula is C20H30N4O3. The van der Waals surface area contributed by atoms with Gasteiger partial charge in [0, 0.05) is 38.4 Å². The molecule has 0 bridgehead atoms. The van der Waals surface area contributed by atoms with Gasteiger partial charge >= 0.3 is 5.97 Å². The van der Waals surface area contributed by atoms with Gasteiger partial charge in [0.25, 0.3) is 0 Å². The van der Waals surface area contributed by atoms with Crippen molar-refractivity contribution in [3.05, 3.63) is 23.9 Å². The topological polar surface area (TPSA) is 76.1 Å². The number of nitrogens with zero attached hydrogens (tertiary/aromatic N) is 3. The first-order chi connectivity index (χ1) is 13.1. The molecular weight excluding hydrogens is 344 g/mol. The Morgan fingerprint density at radius 1 is 1.37 bits per heavy atom. The Hall–Kier alpha value is -2.31. The maximum Gasteiger partial charge on any atom is 0.310 e. The summed E-state index contributed by atoms with van der Waals surface area (Å²) in [5.74, 6) is 1.45. The van der Waals surface area contributed by atoms with Crippen LogP contribution in [0.4, 0.5) is 0 Å². The molecule has 7 nitrogen and oxygen atoms in total. The summed E-state index contributed by atoms with van der Waals surface area (Å²) in [7, 11) is 3.21. The van der Waals surface area contributed by atoms with Crippen molar-refractivity contribution in [3.8, 4) is 5.88 Å². The van der Waals surface area contributed by atoms with Gasteiger partial charge in [-0.3, -0.25) is 9.79 Å². The maximum atomic E-state index is 11.9. The van der Waals surface area contributed by atoms with Crippen molar-refractivity contribution in [2.24, 2.45) is 16.8 Å². The van der Waals surface area contributed by atoms with Crippen LogP contribution in [0.3, 0.4) is 0 Å². The van der Waals surface area contributed by atoms with E-state index < -0.39 is 0 Å². The van der Waals surface area contributed by atoms with Gasteiger partial charge in [-0.25, -0.2) is 4.98 Å². The van der Waals surface area contributed by atoms with Gasteiger partial charge in [-0.1, -0.05) is 13.0 Å². The fraction of sp³-hybridized carbons (Fsp3) is 0.650. The van der Waals surface area contributed by atoms with Crippen LogP contribution in [-0.2, 0) is 16.1 Å². The van der Waals surface area contributed by atoms with Crippen LogP contribution < -0.4 is 10.1 Å². The second-order valence-corrected chi connectivity index (χ2v) is 7.40. The van der Waals surface area contributed by atoms with Crippen LogP contribution in [0.1, 0.15) is 38.2 Å². The van der Waals surface area contributed by atoms with Gasteiger partial charge in [-0.2, -0.15) is 0 Å². The number of nitrogens with one attached hydrogen (secondary N) is 1. The SMILES string of the molecule is CN=C(NCc1cccnc1OC1CCCC1)N1CC(C)C(C(=O)OC)C1. The highest BCUT2D eigenvalue weighted by atomic mass is 16.5. The van der Waals surface area contributed by atoms with Crippen LogP contribution in [0.25, 0.3) is 0 Å². The Bertz CT molecular complexity index is 673. The molecule has 2 unspecified atom stereocenters. The summed E-state index contributed by atoms with van der Waals surface area (Å²) in [4.78, 5) is 22.9. The average Bonchev–Trinajstić information content (AvgIpc) is 3.32. The number of pyridine rings is 1. The molecule has 1 saturated carbocycles. The van der Waals surface area contributed by atoms with Crippen molar-refractivity contribution in [2.45, 2.75) is 45.3 Å². The second-order valence-electron chi connectivity index (χ2n) is 7.40. The number of aromatic nitrogens is 1. The van der Waals surface area contributed by atoms with Gasteiger partial charge in [-0.05, 0) is 37.7 Å². The van der Waals surface area contributed by atoms with E-state index in [0.29, 0.717) is 19.0 Å². The summed E-state index contributed by atoms with van der Waals surface area (Å²) in [6, 6.07) is 3.95. The molecule has 148 valence electrons. The molecule has 0 amide bonds. The van der Waals surface area contributed by atoms with Crippen molar-refractivity contribution < 1.29 is 14.3 Å². The van der Waals surface area contributed by atoms with Crippen molar-refractivity contribution >= 4 is 11.9 Å². The first-order valence-corrected chi connectivity index (χ1v) is 9.76. The molecule has 1 aliphatic heterocycles. The molecule has 1 N–H and O–H groups in total. The van der Waals surface area contributed by atoms with E-state index in [0.717, 1.165) is 30.9 Å². The van der Waals surface area contributed by atoms with E-state index >= 15 is 0 Å². The standard InChI is InChI=1S/C20H30N4O3/c1-14-12-24(13-17(14)19(25)26-3)20(21-2)23-11-15-7-6-10-22-18(15)27-16-8-4-5-9-16/h6-7,10,14,16-17H,4-5,8-9,11-13H2,1-3H3,(H,21,23). The number of rotatable bonds is 5. The summed E-state index contributed by atoms with van der Waals surface area (Å²) in [6.45, 7) is 4.05. The van der Waals surface area contributed by atoms with E-state index in [9.17, 15) is 4.79 Å². The number of aliphatic imine (C=N–C) groups is 1. The van der Waals surface area contributed by atoms with Gasteiger partial charge in [-0.15, -0.1) is 0 Å². The molecule has 2 fully saturated rings. The molecule has 27 heavy (non-hydrogen) atoms. The second kappa shape index (κ2) is 9.06. The van der Waals surface area contributed by atoms with E-state index in [1.165, 1.54) is 20.0 Å². The lowest BCUT2D eigenvalue weighted by molar-refractivity contribution is -0.145. The summed E-state index contributed by atoms with van der Waals surface area (Å²) in [5, 5.41) is 3.39.